The van der Waals surface area contributed by atoms with E-state index in [-0.39, 0.29) is 0 Å². The van der Waals surface area contributed by atoms with Gasteiger partial charge >= 0.3 is 6.09 Å². The maximum atomic E-state index is 12.4. The average molecular weight is 252 g/mol. The summed E-state index contributed by atoms with van der Waals surface area (Å²) in [5.74, 6) is 0. The van der Waals surface area contributed by atoms with E-state index in [1.165, 1.54) is 11.3 Å². The summed E-state index contributed by atoms with van der Waals surface area (Å²) in [4.78, 5) is 14.7. The first-order chi connectivity index (χ1) is 8.20. The highest BCUT2D eigenvalue weighted by Crippen LogP contribution is 2.30. The molecule has 0 bridgehead atoms. The second kappa shape index (κ2) is 4.92. The number of amides is 1. The number of benzene rings is 1. The maximum Gasteiger partial charge on any atom is 0.409 e. The monoisotopic (exact) mass is 252 g/mol. The molecule has 1 aromatic heterocycles. The minimum Gasteiger partial charge on any atom is -0.465 e. The van der Waals surface area contributed by atoms with Crippen LogP contribution in [0.4, 0.5) is 14.9 Å². The summed E-state index contributed by atoms with van der Waals surface area (Å²) in [6.45, 7) is -0.620. The molecule has 1 aromatic carbocycles. The Morgan fingerprint density at radius 3 is 2.88 bits per heavy atom. The van der Waals surface area contributed by atoms with Gasteiger partial charge in [0.1, 0.15) is 11.7 Å². The fourth-order valence-electron chi connectivity index (χ4n) is 1.39. The largest absolute Gasteiger partial charge is 0.465 e. The van der Waals surface area contributed by atoms with Crippen LogP contribution in [0.1, 0.15) is 5.69 Å². The van der Waals surface area contributed by atoms with E-state index < -0.39 is 12.8 Å². The van der Waals surface area contributed by atoms with E-state index in [4.69, 9.17) is 5.11 Å². The number of carboxylic acid groups (broad SMARTS) is 1. The summed E-state index contributed by atoms with van der Waals surface area (Å²) in [6, 6.07) is 6.88. The molecule has 0 spiro atoms. The molecule has 0 radical (unpaired) electrons. The Bertz CT molecular complexity index is 542. The Labute approximate surface area is 101 Å². The average Bonchev–Trinajstić information content (AvgIpc) is 2.77. The second-order valence-electron chi connectivity index (χ2n) is 3.25. The van der Waals surface area contributed by atoms with Gasteiger partial charge in [-0.3, -0.25) is 5.32 Å². The van der Waals surface area contributed by atoms with E-state index in [1.54, 1.807) is 29.6 Å². The zero-order valence-electron chi connectivity index (χ0n) is 8.68. The SMILES string of the molecule is O=C(O)Nc1ccccc1-c1nc(CF)cs1. The van der Waals surface area contributed by atoms with Crippen molar-refractivity contribution < 1.29 is 14.3 Å². The zero-order chi connectivity index (χ0) is 12.3. The molecule has 2 N–H and O–H groups in total. The third-order valence-electron chi connectivity index (χ3n) is 2.09. The molecule has 0 aliphatic carbocycles. The molecule has 0 saturated carbocycles. The molecular formula is C11H9FN2O2S. The van der Waals surface area contributed by atoms with Crippen molar-refractivity contribution >= 4 is 23.1 Å². The van der Waals surface area contributed by atoms with Gasteiger partial charge in [-0.25, -0.2) is 14.2 Å². The molecule has 0 saturated heterocycles. The van der Waals surface area contributed by atoms with Crippen molar-refractivity contribution in [1.29, 1.82) is 0 Å². The highest BCUT2D eigenvalue weighted by Gasteiger charge is 2.10. The Balaban J connectivity index is 2.40. The predicted octanol–water partition coefficient (Wildman–Crippen LogP) is 3.37. The highest BCUT2D eigenvalue weighted by atomic mass is 32.1. The van der Waals surface area contributed by atoms with Crippen LogP contribution in [-0.4, -0.2) is 16.2 Å². The zero-order valence-corrected chi connectivity index (χ0v) is 9.50. The predicted molar refractivity (Wildman–Crippen MR) is 64.0 cm³/mol. The van der Waals surface area contributed by atoms with Crippen molar-refractivity contribution in [3.8, 4) is 10.6 Å². The number of halogens is 1. The first-order valence-corrected chi connectivity index (χ1v) is 5.68. The number of thiazole rings is 1. The van der Waals surface area contributed by atoms with Gasteiger partial charge in [-0.15, -0.1) is 11.3 Å². The van der Waals surface area contributed by atoms with Crippen LogP contribution in [-0.2, 0) is 6.67 Å². The molecule has 4 nitrogen and oxygen atoms in total. The van der Waals surface area contributed by atoms with Crippen LogP contribution in [0.15, 0.2) is 29.6 Å². The van der Waals surface area contributed by atoms with Gasteiger partial charge in [-0.2, -0.15) is 0 Å². The highest BCUT2D eigenvalue weighted by molar-refractivity contribution is 7.13. The Morgan fingerprint density at radius 1 is 1.47 bits per heavy atom. The maximum absolute atomic E-state index is 12.4. The third-order valence-corrected chi connectivity index (χ3v) is 3.01. The van der Waals surface area contributed by atoms with Crippen LogP contribution >= 0.6 is 11.3 Å². The third kappa shape index (κ3) is 2.59. The molecule has 0 unspecified atom stereocenters. The van der Waals surface area contributed by atoms with Crippen molar-refractivity contribution in [1.82, 2.24) is 4.98 Å². The summed E-state index contributed by atoms with van der Waals surface area (Å²) in [7, 11) is 0. The number of alkyl halides is 1. The lowest BCUT2D eigenvalue weighted by molar-refractivity contribution is 0.210. The van der Waals surface area contributed by atoms with E-state index in [2.05, 4.69) is 10.3 Å². The molecule has 0 fully saturated rings. The standard InChI is InChI=1S/C11H9FN2O2S/c12-5-7-6-17-10(13-7)8-3-1-2-4-9(8)14-11(15)16/h1-4,6,14H,5H2,(H,15,16). The number of nitrogens with one attached hydrogen (secondary N) is 1. The molecule has 17 heavy (non-hydrogen) atoms. The normalized spacial score (nSPS) is 10.2. The first-order valence-electron chi connectivity index (χ1n) is 4.80. The van der Waals surface area contributed by atoms with Crippen molar-refractivity contribution in [3.63, 3.8) is 0 Å². The lowest BCUT2D eigenvalue weighted by Crippen LogP contribution is -2.08. The van der Waals surface area contributed by atoms with Crippen LogP contribution in [0.25, 0.3) is 10.6 Å². The van der Waals surface area contributed by atoms with Gasteiger partial charge in [-0.1, -0.05) is 12.1 Å². The van der Waals surface area contributed by atoms with Gasteiger partial charge in [0.05, 0.1) is 11.4 Å². The molecule has 0 aliphatic rings. The second-order valence-corrected chi connectivity index (χ2v) is 4.11. The summed E-state index contributed by atoms with van der Waals surface area (Å²) >= 11 is 1.28. The van der Waals surface area contributed by atoms with Gasteiger partial charge in [0.2, 0.25) is 0 Å². The molecule has 0 aliphatic heterocycles. The van der Waals surface area contributed by atoms with Crippen LogP contribution < -0.4 is 5.32 Å². The number of nitrogens with zero attached hydrogens (tertiary/aromatic N) is 1. The molecule has 88 valence electrons. The van der Waals surface area contributed by atoms with Gasteiger partial charge in [0.25, 0.3) is 0 Å². The summed E-state index contributed by atoms with van der Waals surface area (Å²) in [5.41, 5.74) is 1.45. The lowest BCUT2D eigenvalue weighted by atomic mass is 10.2. The number of hydrogen-bond donors (Lipinski definition) is 2. The summed E-state index contributed by atoms with van der Waals surface area (Å²) < 4.78 is 12.4. The molecule has 0 atom stereocenters. The Kier molecular flexibility index (Phi) is 3.34. The molecule has 2 aromatic rings. The fraction of sp³-hybridized carbons (Fsp3) is 0.0909. The summed E-state index contributed by atoms with van der Waals surface area (Å²) in [6.07, 6.45) is -1.14. The summed E-state index contributed by atoms with van der Waals surface area (Å²) in [5, 5.41) is 13.2. The lowest BCUT2D eigenvalue weighted by Gasteiger charge is -2.05. The van der Waals surface area contributed by atoms with E-state index in [9.17, 15) is 9.18 Å². The van der Waals surface area contributed by atoms with Crippen molar-refractivity contribution in [2.24, 2.45) is 0 Å². The minimum atomic E-state index is -1.14. The molecule has 1 amide bonds. The molecule has 6 heteroatoms. The van der Waals surface area contributed by atoms with Gasteiger partial charge < -0.3 is 5.11 Å². The van der Waals surface area contributed by atoms with Crippen LogP contribution in [0.3, 0.4) is 0 Å². The van der Waals surface area contributed by atoms with E-state index in [1.807, 2.05) is 0 Å². The number of anilines is 1. The molecule has 2 rings (SSSR count). The van der Waals surface area contributed by atoms with Gasteiger partial charge in [0.15, 0.2) is 0 Å². The van der Waals surface area contributed by atoms with Gasteiger partial charge in [0, 0.05) is 10.9 Å². The van der Waals surface area contributed by atoms with Crippen LogP contribution in [0.5, 0.6) is 0 Å². The molecule has 1 heterocycles. The van der Waals surface area contributed by atoms with Crippen LogP contribution in [0, 0.1) is 0 Å². The topological polar surface area (TPSA) is 62.2 Å². The fourth-order valence-corrected chi connectivity index (χ4v) is 2.22. The van der Waals surface area contributed by atoms with Crippen molar-refractivity contribution in [2.75, 3.05) is 5.32 Å². The first kappa shape index (κ1) is 11.5. The number of para-hydroxylation sites is 1. The van der Waals surface area contributed by atoms with E-state index in [0.717, 1.165) is 0 Å². The van der Waals surface area contributed by atoms with E-state index >= 15 is 0 Å². The van der Waals surface area contributed by atoms with Gasteiger partial charge in [-0.05, 0) is 12.1 Å². The number of hydrogen-bond acceptors (Lipinski definition) is 3. The number of rotatable bonds is 3. The van der Waals surface area contributed by atoms with Crippen LogP contribution in [0.2, 0.25) is 0 Å². The Morgan fingerprint density at radius 2 is 2.24 bits per heavy atom. The van der Waals surface area contributed by atoms with Crippen molar-refractivity contribution in [2.45, 2.75) is 6.67 Å². The number of carbonyl (C=O) groups is 1. The van der Waals surface area contributed by atoms with Crippen molar-refractivity contribution in [3.05, 3.63) is 35.3 Å². The number of aromatic nitrogens is 1. The minimum absolute atomic E-state index is 0.357. The van der Waals surface area contributed by atoms with E-state index in [0.29, 0.717) is 22.0 Å². The Hall–Kier alpha value is -1.95. The quantitative estimate of drug-likeness (QED) is 0.880. The smallest absolute Gasteiger partial charge is 0.409 e. The molecular weight excluding hydrogens is 243 g/mol.